The van der Waals surface area contributed by atoms with Crippen molar-refractivity contribution in [3.05, 3.63) is 112 Å². The van der Waals surface area contributed by atoms with E-state index in [-0.39, 0.29) is 58.2 Å². The lowest BCUT2D eigenvalue weighted by Gasteiger charge is -2.49. The van der Waals surface area contributed by atoms with Crippen LogP contribution in [0.3, 0.4) is 0 Å². The molecule has 5 aromatic rings. The third kappa shape index (κ3) is 6.97. The number of pyridine rings is 2. The number of benzene rings is 1. The van der Waals surface area contributed by atoms with Gasteiger partial charge in [0.1, 0.15) is 35.7 Å². The van der Waals surface area contributed by atoms with Gasteiger partial charge in [0.05, 0.1) is 23.5 Å². The van der Waals surface area contributed by atoms with Gasteiger partial charge in [0.2, 0.25) is 11.4 Å². The van der Waals surface area contributed by atoms with Crippen molar-refractivity contribution in [1.82, 2.24) is 19.4 Å². The number of halogens is 2. The van der Waals surface area contributed by atoms with E-state index in [2.05, 4.69) is 20.1 Å². The highest BCUT2D eigenvalue weighted by molar-refractivity contribution is 8.00. The Balaban J connectivity index is 1.10. The van der Waals surface area contributed by atoms with E-state index in [0.717, 1.165) is 22.4 Å². The molecular formula is C35H30ClFN9O5S2+. The summed E-state index contributed by atoms with van der Waals surface area (Å²) in [6.45, 7) is 0.279. The molecular weight excluding hydrogens is 745 g/mol. The fourth-order valence-electron chi connectivity index (χ4n) is 6.36. The van der Waals surface area contributed by atoms with Gasteiger partial charge in [-0.1, -0.05) is 16.8 Å². The van der Waals surface area contributed by atoms with Gasteiger partial charge in [0.15, 0.2) is 29.4 Å². The number of aliphatic carboxylic acids is 1. The molecule has 1 aromatic carbocycles. The number of aliphatic imine (C=N–C) groups is 1. The fourth-order valence-corrected chi connectivity index (χ4v) is 8.57. The fraction of sp³-hybridized carbons (Fsp3) is 0.200. The molecule has 6 heterocycles. The number of hydrogen-bond donors (Lipinski definition) is 3. The number of carboxylic acids is 1. The van der Waals surface area contributed by atoms with Crippen molar-refractivity contribution in [3.8, 4) is 0 Å². The van der Waals surface area contributed by atoms with E-state index in [9.17, 15) is 19.5 Å². The van der Waals surface area contributed by atoms with Crippen molar-refractivity contribution in [1.29, 1.82) is 0 Å². The van der Waals surface area contributed by atoms with Crippen molar-refractivity contribution in [3.63, 3.8) is 0 Å². The molecule has 0 bridgehead atoms. The normalized spacial score (nSPS) is 17.6. The maximum absolute atomic E-state index is 15.5. The molecule has 14 nitrogen and oxygen atoms in total. The Morgan fingerprint density at radius 1 is 1.23 bits per heavy atom. The summed E-state index contributed by atoms with van der Waals surface area (Å²) in [6.07, 6.45) is 6.56. The molecule has 4 aromatic heterocycles. The summed E-state index contributed by atoms with van der Waals surface area (Å²) in [4.78, 5) is 57.8. The predicted molar refractivity (Wildman–Crippen MR) is 198 cm³/mol. The quantitative estimate of drug-likeness (QED) is 0.0546. The molecule has 18 heteroatoms. The second-order valence-electron chi connectivity index (χ2n) is 12.1. The number of thiazole rings is 1. The molecule has 270 valence electrons. The molecule has 1 saturated heterocycles. The van der Waals surface area contributed by atoms with E-state index in [0.29, 0.717) is 22.6 Å². The number of carbonyl (C=O) groups is 3. The predicted octanol–water partition coefficient (Wildman–Crippen LogP) is 4.12. The molecule has 53 heavy (non-hydrogen) atoms. The number of aromatic nitrogens is 4. The van der Waals surface area contributed by atoms with Gasteiger partial charge in [-0.3, -0.25) is 19.5 Å². The summed E-state index contributed by atoms with van der Waals surface area (Å²) >= 11 is 9.11. The summed E-state index contributed by atoms with van der Waals surface area (Å²) in [6, 6.07) is 11.7. The van der Waals surface area contributed by atoms with E-state index in [1.54, 1.807) is 42.2 Å². The van der Waals surface area contributed by atoms with Gasteiger partial charge in [0, 0.05) is 70.0 Å². The van der Waals surface area contributed by atoms with Gasteiger partial charge in [-0.25, -0.2) is 19.2 Å². The average Bonchev–Trinajstić information content (AvgIpc) is 3.77. The second-order valence-corrected chi connectivity index (χ2v) is 14.5. The van der Waals surface area contributed by atoms with Crippen molar-refractivity contribution < 1.29 is 33.3 Å². The van der Waals surface area contributed by atoms with Crippen LogP contribution >= 0.6 is 34.7 Å². The van der Waals surface area contributed by atoms with E-state index < -0.39 is 34.8 Å². The molecule has 1 fully saturated rings. The van der Waals surface area contributed by atoms with E-state index in [1.165, 1.54) is 29.8 Å². The van der Waals surface area contributed by atoms with E-state index >= 15 is 4.39 Å². The summed E-state index contributed by atoms with van der Waals surface area (Å²) < 4.78 is 19.2. The summed E-state index contributed by atoms with van der Waals surface area (Å²) in [5.74, 6) is -3.06. The Kier molecular flexibility index (Phi) is 9.96. The highest BCUT2D eigenvalue weighted by Crippen LogP contribution is 2.45. The number of hydrogen-bond acceptors (Lipinski definition) is 11. The largest absolute Gasteiger partial charge is 0.477 e. The monoisotopic (exact) mass is 774 g/mol. The van der Waals surface area contributed by atoms with Crippen molar-refractivity contribution >= 4 is 85.8 Å². The molecule has 2 aliphatic heterocycles. The first-order chi connectivity index (χ1) is 25.5. The van der Waals surface area contributed by atoms with Crippen LogP contribution in [-0.4, -0.2) is 72.0 Å². The van der Waals surface area contributed by atoms with Crippen LogP contribution in [0, 0.1) is 11.7 Å². The maximum atomic E-state index is 15.5. The lowest BCUT2D eigenvalue weighted by atomic mass is 9.89. The highest BCUT2D eigenvalue weighted by Gasteiger charge is 2.54. The number of amidine groups is 1. The Labute approximate surface area is 314 Å². The number of oxime groups is 1. The van der Waals surface area contributed by atoms with Gasteiger partial charge in [-0.2, -0.15) is 4.57 Å². The zero-order chi connectivity index (χ0) is 37.4. The van der Waals surface area contributed by atoms with Crippen LogP contribution in [0.4, 0.5) is 15.2 Å². The molecule has 1 amide bonds. The van der Waals surface area contributed by atoms with Crippen molar-refractivity contribution in [2.45, 2.75) is 24.9 Å². The van der Waals surface area contributed by atoms with E-state index in [4.69, 9.17) is 27.9 Å². The first-order valence-corrected chi connectivity index (χ1v) is 18.3. The molecule has 0 radical (unpaired) electrons. The molecule has 0 aliphatic carbocycles. The summed E-state index contributed by atoms with van der Waals surface area (Å²) in [5.41, 5.74) is 15.1. The third-order valence-electron chi connectivity index (χ3n) is 8.83. The van der Waals surface area contributed by atoms with E-state index in [1.807, 2.05) is 33.5 Å². The second kappa shape index (κ2) is 14.8. The number of carboxylic acid groups (broad SMARTS) is 1. The molecule has 7 rings (SSSR count). The Hall–Kier alpha value is -5.65. The van der Waals surface area contributed by atoms with Crippen LogP contribution in [0.25, 0.3) is 11.0 Å². The SMILES string of the molecule is CO/N=C(\C(=O)C[C@@H]1C(=O)N2C(C(=O)O)=C(C[n+]3cccc4c3ccn4Cc3c(F)cc(C(N)=Nc4ccncc4)cc3Cl)CS[C@H]12)c1csc(N)n1. The minimum Gasteiger partial charge on any atom is -0.477 e. The number of rotatable bonds is 12. The Morgan fingerprint density at radius 2 is 2.02 bits per heavy atom. The number of amides is 1. The number of ketones is 1. The summed E-state index contributed by atoms with van der Waals surface area (Å²) in [5, 5.41) is 15.6. The van der Waals surface area contributed by atoms with Gasteiger partial charge < -0.3 is 26.0 Å². The number of nitrogens with two attached hydrogens (primary N) is 2. The first-order valence-electron chi connectivity index (χ1n) is 16.0. The molecule has 0 saturated carbocycles. The minimum absolute atomic E-state index is 0.0585. The van der Waals surface area contributed by atoms with Crippen LogP contribution in [0.2, 0.25) is 5.02 Å². The van der Waals surface area contributed by atoms with Gasteiger partial charge in [0.25, 0.3) is 0 Å². The van der Waals surface area contributed by atoms with Crippen LogP contribution in [-0.2, 0) is 32.3 Å². The third-order valence-corrected chi connectivity index (χ3v) is 11.2. The van der Waals surface area contributed by atoms with Crippen LogP contribution in [0.1, 0.15) is 23.2 Å². The molecule has 2 atom stereocenters. The Morgan fingerprint density at radius 3 is 2.72 bits per heavy atom. The van der Waals surface area contributed by atoms with Crippen LogP contribution in [0.5, 0.6) is 0 Å². The first kappa shape index (κ1) is 35.7. The molecule has 2 aliphatic rings. The number of fused-ring (bicyclic) bond motifs is 2. The zero-order valence-corrected chi connectivity index (χ0v) is 30.2. The number of carbonyl (C=O) groups excluding carboxylic acids is 2. The highest BCUT2D eigenvalue weighted by atomic mass is 35.5. The van der Waals surface area contributed by atoms with Gasteiger partial charge in [-0.05, 0) is 30.3 Å². The van der Waals surface area contributed by atoms with Gasteiger partial charge >= 0.3 is 5.97 Å². The Bertz CT molecular complexity index is 2360. The number of nitrogens with zero attached hydrogens (tertiary/aromatic N) is 7. The van der Waals surface area contributed by atoms with Crippen molar-refractivity contribution in [2.75, 3.05) is 18.6 Å². The minimum atomic E-state index is -1.24. The number of nitrogen functional groups attached to an aromatic ring is 1. The number of thioether (sulfide) groups is 1. The average molecular weight is 775 g/mol. The van der Waals surface area contributed by atoms with Crippen molar-refractivity contribution in [2.24, 2.45) is 21.8 Å². The smallest absolute Gasteiger partial charge is 0.352 e. The zero-order valence-electron chi connectivity index (χ0n) is 27.8. The van der Waals surface area contributed by atoms with Gasteiger partial charge in [-0.15, -0.1) is 23.1 Å². The topological polar surface area (TPSA) is 195 Å². The maximum Gasteiger partial charge on any atom is 0.352 e. The number of Topliss-reactive ketones (excluding diaryl/α,β-unsaturated/α-hetero) is 1. The molecule has 0 unspecified atom stereocenters. The lowest BCUT2D eigenvalue weighted by Crippen LogP contribution is -2.62. The number of β-lactam (4-membered cyclic amide) rings is 1. The standard InChI is InChI=1S/C35H29ClFN9O5S2/c1-51-43-29(25-17-53-35(39)42-25)28(47)13-21-32(48)46-30(34(49)50)19(16-52-33(21)46)14-44-9-2-3-26-27(44)6-10-45(26)15-22-23(36)11-18(12-24(22)37)31(38)41-20-4-7-40-8-5-20/h2-12,17,21,33H,13-16H2,1H3,(H4-,38,39,40,41,42,49,50)/p+1/b43-29-/t21-,33-/m1/s1. The lowest BCUT2D eigenvalue weighted by molar-refractivity contribution is -0.663. The molecule has 5 N–H and O–H groups in total. The van der Waals surface area contributed by atoms with Crippen LogP contribution < -0.4 is 16.0 Å². The number of anilines is 1. The molecule has 0 spiro atoms. The summed E-state index contributed by atoms with van der Waals surface area (Å²) in [7, 11) is 1.29. The van der Waals surface area contributed by atoms with Crippen LogP contribution in [0.15, 0.2) is 94.1 Å².